The minimum Gasteiger partial charge on any atom is -0.263 e. The highest BCUT2D eigenvalue weighted by Crippen LogP contribution is 2.78. The van der Waals surface area contributed by atoms with Gasteiger partial charge >= 0.3 is 0 Å². The van der Waals surface area contributed by atoms with E-state index in [4.69, 9.17) is 0 Å². The van der Waals surface area contributed by atoms with Crippen LogP contribution in [0.3, 0.4) is 0 Å². The van der Waals surface area contributed by atoms with E-state index in [9.17, 15) is 4.39 Å². The Morgan fingerprint density at radius 3 is 2.43 bits per heavy atom. The van der Waals surface area contributed by atoms with Gasteiger partial charge in [0.2, 0.25) is 0 Å². The van der Waals surface area contributed by atoms with Gasteiger partial charge < -0.3 is 0 Å². The van der Waals surface area contributed by atoms with Crippen LogP contribution in [0, 0.1) is 0 Å². The monoisotopic (exact) mass is 196 g/mol. The summed E-state index contributed by atoms with van der Waals surface area (Å²) in [6.07, 6.45) is 6.17. The fourth-order valence-electron chi connectivity index (χ4n) is 1.93. The molecule has 1 aromatic heterocycles. The van der Waals surface area contributed by atoms with Crippen molar-refractivity contribution >= 4 is 0 Å². The Bertz CT molecular complexity index is 337. The van der Waals surface area contributed by atoms with E-state index >= 15 is 0 Å². The van der Waals surface area contributed by atoms with Gasteiger partial charge in [0.15, 0.2) is 0 Å². The predicted molar refractivity (Wildman–Crippen MR) is 54.0 cm³/mol. The van der Waals surface area contributed by atoms with Crippen LogP contribution in [0.1, 0.15) is 39.2 Å². The number of rotatable bonds is 2. The molecule has 1 heterocycles. The van der Waals surface area contributed by atoms with Crippen LogP contribution in [-0.2, 0) is 12.0 Å². The van der Waals surface area contributed by atoms with Crippen LogP contribution in [0.4, 0.5) is 4.39 Å². The van der Waals surface area contributed by atoms with Gasteiger partial charge in [-0.05, 0) is 12.0 Å². The van der Waals surface area contributed by atoms with Gasteiger partial charge in [-0.25, -0.2) is 4.39 Å². The Morgan fingerprint density at radius 1 is 1.50 bits per heavy atom. The molecule has 14 heavy (non-hydrogen) atoms. The van der Waals surface area contributed by atoms with Gasteiger partial charge in [-0.15, -0.1) is 0 Å². The molecule has 0 bridgehead atoms. The third-order valence-corrected chi connectivity index (χ3v) is 3.21. The van der Waals surface area contributed by atoms with Crippen LogP contribution in [-0.4, -0.2) is 15.4 Å². The van der Waals surface area contributed by atoms with E-state index in [1.807, 2.05) is 30.9 Å². The number of hydrogen-bond donors (Lipinski definition) is 0. The smallest absolute Gasteiger partial charge is 0.141 e. The van der Waals surface area contributed by atoms with E-state index < -0.39 is 5.67 Å². The van der Waals surface area contributed by atoms with E-state index in [0.717, 1.165) is 6.42 Å². The summed E-state index contributed by atoms with van der Waals surface area (Å²) in [5.41, 5.74) is 0.135. The molecular weight excluding hydrogens is 179 g/mol. The molecule has 0 saturated heterocycles. The van der Waals surface area contributed by atoms with Gasteiger partial charge in [0.25, 0.3) is 0 Å². The Hall–Kier alpha value is -0.860. The highest BCUT2D eigenvalue weighted by Gasteiger charge is 2.87. The molecule has 2 aliphatic rings. The van der Waals surface area contributed by atoms with E-state index in [2.05, 4.69) is 12.0 Å². The van der Waals surface area contributed by atoms with Gasteiger partial charge in [-0.2, -0.15) is 5.10 Å². The fourth-order valence-corrected chi connectivity index (χ4v) is 1.93. The van der Waals surface area contributed by atoms with Crippen molar-refractivity contribution in [2.75, 3.05) is 0 Å². The average molecular weight is 196 g/mol. The maximum Gasteiger partial charge on any atom is 0.141 e. The number of nitrogens with zero attached hydrogens (tertiary/aromatic N) is 2. The second kappa shape index (κ2) is 2.81. The largest absolute Gasteiger partial charge is 0.263 e. The maximum atomic E-state index is 13.3. The molecule has 3 heteroatoms. The zero-order chi connectivity index (χ0) is 10.4. The first kappa shape index (κ1) is 9.69. The Balaban J connectivity index is 0.000000354. The van der Waals surface area contributed by atoms with E-state index in [1.165, 1.54) is 5.56 Å². The number of aryl methyl sites for hydroxylation is 1. The Kier molecular flexibility index (Phi) is 1.95. The van der Waals surface area contributed by atoms with Crippen molar-refractivity contribution in [3.8, 4) is 0 Å². The molecule has 3 rings (SSSR count). The molecule has 0 amide bonds. The van der Waals surface area contributed by atoms with Gasteiger partial charge in [-0.3, -0.25) is 4.68 Å². The first-order valence-corrected chi connectivity index (χ1v) is 5.43. The topological polar surface area (TPSA) is 17.8 Å². The first-order chi connectivity index (χ1) is 6.70. The normalized spacial score (nSPS) is 36.9. The first-order valence-electron chi connectivity index (χ1n) is 5.43. The molecule has 2 saturated carbocycles. The second-order valence-corrected chi connectivity index (χ2v) is 4.00. The van der Waals surface area contributed by atoms with Crippen molar-refractivity contribution in [3.05, 3.63) is 18.0 Å². The van der Waals surface area contributed by atoms with Gasteiger partial charge in [0.1, 0.15) is 11.2 Å². The van der Waals surface area contributed by atoms with Gasteiger partial charge in [-0.1, -0.05) is 20.8 Å². The molecular formula is C11H17FN2. The van der Waals surface area contributed by atoms with E-state index in [0.29, 0.717) is 12.8 Å². The molecule has 0 aliphatic heterocycles. The fraction of sp³-hybridized carbons (Fsp3) is 0.727. The van der Waals surface area contributed by atoms with Crippen LogP contribution in [0.25, 0.3) is 0 Å². The summed E-state index contributed by atoms with van der Waals surface area (Å²) in [7, 11) is 0. The van der Waals surface area contributed by atoms with Gasteiger partial charge in [0.05, 0.1) is 6.20 Å². The molecule has 0 spiro atoms. The lowest BCUT2D eigenvalue weighted by atomic mass is 10.3. The molecule has 2 fully saturated rings. The molecule has 2 aliphatic carbocycles. The summed E-state index contributed by atoms with van der Waals surface area (Å²) in [6, 6.07) is 0. The molecule has 1 aromatic rings. The van der Waals surface area contributed by atoms with Crippen molar-refractivity contribution < 1.29 is 4.39 Å². The zero-order valence-corrected chi connectivity index (χ0v) is 9.05. The van der Waals surface area contributed by atoms with Crippen molar-refractivity contribution in [3.63, 3.8) is 0 Å². The summed E-state index contributed by atoms with van der Waals surface area (Å²) in [5, 5.41) is 4.18. The molecule has 0 N–H and O–H groups in total. The standard InChI is InChI=1S/C9H11FN2.C2H6/c1-2-7-3-11-12(4-7)9-5-8(9,10)6-9;1-2/h3-4H,2,5-6H2,1H3;1-2H3. The predicted octanol–water partition coefficient (Wildman–Crippen LogP) is 2.68. The van der Waals surface area contributed by atoms with Gasteiger partial charge in [0, 0.05) is 19.0 Å². The van der Waals surface area contributed by atoms with Crippen molar-refractivity contribution in [1.29, 1.82) is 0 Å². The van der Waals surface area contributed by atoms with Crippen molar-refractivity contribution in [1.82, 2.24) is 9.78 Å². The zero-order valence-electron chi connectivity index (χ0n) is 9.05. The molecule has 0 aromatic carbocycles. The summed E-state index contributed by atoms with van der Waals surface area (Å²) < 4.78 is 15.1. The average Bonchev–Trinajstić information content (AvgIpc) is 2.86. The van der Waals surface area contributed by atoms with Crippen molar-refractivity contribution in [2.24, 2.45) is 0 Å². The lowest BCUT2D eigenvalue weighted by molar-refractivity contribution is 0.389. The number of hydrogen-bond acceptors (Lipinski definition) is 1. The minimum absolute atomic E-state index is 0.194. The number of halogens is 1. The highest BCUT2D eigenvalue weighted by atomic mass is 19.1. The number of aromatic nitrogens is 2. The third kappa shape index (κ3) is 1.04. The quantitative estimate of drug-likeness (QED) is 0.711. The molecule has 2 nitrogen and oxygen atoms in total. The van der Waals surface area contributed by atoms with Crippen LogP contribution >= 0.6 is 0 Å². The highest BCUT2D eigenvalue weighted by molar-refractivity contribution is 5.38. The lowest BCUT2D eigenvalue weighted by Crippen LogP contribution is -2.06. The lowest BCUT2D eigenvalue weighted by Gasteiger charge is -1.99. The molecule has 0 unspecified atom stereocenters. The van der Waals surface area contributed by atoms with Crippen LogP contribution in [0.15, 0.2) is 12.4 Å². The Morgan fingerprint density at radius 2 is 2.07 bits per heavy atom. The summed E-state index contributed by atoms with van der Waals surface area (Å²) in [6.45, 7) is 6.08. The summed E-state index contributed by atoms with van der Waals surface area (Å²) >= 11 is 0. The SMILES string of the molecule is CC.CCc1cnn(C23CC2(F)C3)c1. The summed E-state index contributed by atoms with van der Waals surface area (Å²) in [4.78, 5) is 0. The molecule has 78 valence electrons. The number of alkyl halides is 1. The van der Waals surface area contributed by atoms with Crippen molar-refractivity contribution in [2.45, 2.75) is 51.2 Å². The maximum absolute atomic E-state index is 13.3. The second-order valence-electron chi connectivity index (χ2n) is 4.00. The molecule has 0 radical (unpaired) electrons. The van der Waals surface area contributed by atoms with Crippen LogP contribution in [0.2, 0.25) is 0 Å². The minimum atomic E-state index is -0.871. The number of fused-ring (bicyclic) bond motifs is 1. The van der Waals surface area contributed by atoms with Crippen LogP contribution < -0.4 is 0 Å². The van der Waals surface area contributed by atoms with Crippen LogP contribution in [0.5, 0.6) is 0 Å². The van der Waals surface area contributed by atoms with E-state index in [-0.39, 0.29) is 5.54 Å². The Labute approximate surface area is 84.1 Å². The van der Waals surface area contributed by atoms with E-state index in [1.54, 1.807) is 0 Å². The molecule has 0 atom stereocenters. The third-order valence-electron chi connectivity index (χ3n) is 3.21. The summed E-state index contributed by atoms with van der Waals surface area (Å²) in [5.74, 6) is 0.